The zero-order valence-electron chi connectivity index (χ0n) is 16.0. The summed E-state index contributed by atoms with van der Waals surface area (Å²) in [6.45, 7) is 0.642. The lowest BCUT2D eigenvalue weighted by molar-refractivity contribution is -0.136. The molecule has 29 heavy (non-hydrogen) atoms. The number of aliphatic hydroxyl groups excluding tert-OH is 1. The SMILES string of the molecule is O=C1[C@@H](NCc2cc3cc(C4(F)PP4O)ccc3s2)CCC[C@H]2CC[C@@H](CO)N12. The summed E-state index contributed by atoms with van der Waals surface area (Å²) in [7, 11) is -1.49. The maximum absolute atomic E-state index is 14.5. The molecule has 0 bridgehead atoms. The molecule has 3 unspecified atom stereocenters. The molecule has 9 heteroatoms. The fourth-order valence-electron chi connectivity index (χ4n) is 4.75. The number of nitrogens with zero attached hydrogens (tertiary/aromatic N) is 1. The zero-order valence-corrected chi connectivity index (χ0v) is 18.7. The average Bonchev–Trinajstić information content (AvgIpc) is 3.07. The van der Waals surface area contributed by atoms with Gasteiger partial charge < -0.3 is 20.2 Å². The molecule has 4 heterocycles. The van der Waals surface area contributed by atoms with Gasteiger partial charge in [0.2, 0.25) is 11.1 Å². The highest BCUT2D eigenvalue weighted by Gasteiger charge is 2.57. The van der Waals surface area contributed by atoms with Gasteiger partial charge in [0.05, 0.1) is 26.5 Å². The number of thiophene rings is 1. The molecular formula is C20H25FN2O3P2S. The smallest absolute Gasteiger partial charge is 0.240 e. The summed E-state index contributed by atoms with van der Waals surface area (Å²) in [4.78, 5) is 25.8. The van der Waals surface area contributed by atoms with E-state index in [4.69, 9.17) is 0 Å². The summed E-state index contributed by atoms with van der Waals surface area (Å²) in [5.41, 5.74) is 0.586. The van der Waals surface area contributed by atoms with Crippen LogP contribution in [0.5, 0.6) is 0 Å². The third-order valence-electron chi connectivity index (χ3n) is 6.38. The van der Waals surface area contributed by atoms with Crippen molar-refractivity contribution >= 4 is 43.4 Å². The van der Waals surface area contributed by atoms with E-state index in [1.807, 2.05) is 17.0 Å². The van der Waals surface area contributed by atoms with Crippen LogP contribution >= 0.6 is 27.4 Å². The molecule has 3 saturated heterocycles. The minimum atomic E-state index is -1.49. The van der Waals surface area contributed by atoms with Crippen LogP contribution in [0.25, 0.3) is 10.1 Å². The summed E-state index contributed by atoms with van der Waals surface area (Å²) in [5, 5.41) is 12.6. The van der Waals surface area contributed by atoms with E-state index in [0.717, 1.165) is 47.1 Å². The van der Waals surface area contributed by atoms with Crippen LogP contribution in [0.2, 0.25) is 0 Å². The number of alkyl halides is 1. The van der Waals surface area contributed by atoms with E-state index in [1.165, 1.54) is 0 Å². The van der Waals surface area contributed by atoms with E-state index in [2.05, 4.69) is 11.4 Å². The van der Waals surface area contributed by atoms with Gasteiger partial charge in [-0.15, -0.1) is 11.3 Å². The molecule has 3 fully saturated rings. The molecule has 0 saturated carbocycles. The number of aliphatic hydroxyl groups is 1. The zero-order chi connectivity index (χ0) is 20.2. The number of hydrogen-bond acceptors (Lipinski definition) is 5. The number of hydrogen-bond donors (Lipinski definition) is 3. The van der Waals surface area contributed by atoms with E-state index in [9.17, 15) is 19.2 Å². The quantitative estimate of drug-likeness (QED) is 0.598. The summed E-state index contributed by atoms with van der Waals surface area (Å²) in [6, 6.07) is 7.67. The maximum atomic E-state index is 14.5. The lowest BCUT2D eigenvalue weighted by Crippen LogP contribution is -2.50. The number of benzene rings is 1. The molecule has 5 rings (SSSR count). The largest absolute Gasteiger partial charge is 0.394 e. The number of carbonyl (C=O) groups excluding carboxylic acids is 1. The van der Waals surface area contributed by atoms with Crippen LogP contribution < -0.4 is 5.32 Å². The van der Waals surface area contributed by atoms with Crippen molar-refractivity contribution in [2.45, 2.75) is 61.9 Å². The summed E-state index contributed by atoms with van der Waals surface area (Å²) < 4.78 is 15.6. The Morgan fingerprint density at radius 2 is 2.14 bits per heavy atom. The highest BCUT2D eigenvalue weighted by molar-refractivity contribution is 8.36. The second kappa shape index (κ2) is 7.78. The van der Waals surface area contributed by atoms with Crippen LogP contribution in [-0.2, 0) is 16.5 Å². The van der Waals surface area contributed by atoms with Crippen molar-refractivity contribution in [3.05, 3.63) is 34.7 Å². The van der Waals surface area contributed by atoms with Crippen LogP contribution in [0.3, 0.4) is 0 Å². The van der Waals surface area contributed by atoms with Crippen molar-refractivity contribution in [2.75, 3.05) is 6.61 Å². The molecule has 0 spiro atoms. The number of fused-ring (bicyclic) bond motifs is 2. The first-order valence-corrected chi connectivity index (χ1v) is 14.1. The molecule has 3 aliphatic rings. The van der Waals surface area contributed by atoms with E-state index in [1.54, 1.807) is 17.4 Å². The molecule has 156 valence electrons. The predicted octanol–water partition coefficient (Wildman–Crippen LogP) is 3.97. The minimum Gasteiger partial charge on any atom is -0.394 e. The minimum absolute atomic E-state index is 0.0111. The Morgan fingerprint density at radius 3 is 2.90 bits per heavy atom. The number of amides is 1. The van der Waals surface area contributed by atoms with Gasteiger partial charge in [0.15, 0.2) is 0 Å². The Labute approximate surface area is 176 Å². The second-order valence-electron chi connectivity index (χ2n) is 8.19. The highest BCUT2D eigenvalue weighted by atomic mass is 32.1. The monoisotopic (exact) mass is 454 g/mol. The predicted molar refractivity (Wildman–Crippen MR) is 117 cm³/mol. The third kappa shape index (κ3) is 3.64. The van der Waals surface area contributed by atoms with Crippen LogP contribution in [0.15, 0.2) is 24.3 Å². The molecule has 5 nitrogen and oxygen atoms in total. The highest BCUT2D eigenvalue weighted by Crippen LogP contribution is 2.94. The van der Waals surface area contributed by atoms with Gasteiger partial charge >= 0.3 is 0 Å². The van der Waals surface area contributed by atoms with E-state index >= 15 is 0 Å². The number of rotatable bonds is 5. The Hall–Kier alpha value is -0.680. The van der Waals surface area contributed by atoms with Crippen LogP contribution in [0.1, 0.15) is 42.5 Å². The fourth-order valence-corrected chi connectivity index (χ4v) is 8.52. The van der Waals surface area contributed by atoms with Gasteiger partial charge in [0, 0.05) is 27.7 Å². The second-order valence-corrected chi connectivity index (χ2v) is 13.9. The van der Waals surface area contributed by atoms with Crippen LogP contribution in [-0.4, -0.2) is 45.5 Å². The van der Waals surface area contributed by atoms with E-state index in [-0.39, 0.29) is 38.9 Å². The first-order valence-electron chi connectivity index (χ1n) is 10.1. The van der Waals surface area contributed by atoms with Crippen molar-refractivity contribution in [1.29, 1.82) is 0 Å². The Kier molecular flexibility index (Phi) is 5.43. The van der Waals surface area contributed by atoms with Gasteiger partial charge in [-0.25, -0.2) is 4.39 Å². The molecule has 0 radical (unpaired) electrons. The molecular weight excluding hydrogens is 429 g/mol. The molecule has 0 aliphatic carbocycles. The van der Waals surface area contributed by atoms with Gasteiger partial charge in [-0.3, -0.25) is 4.79 Å². The van der Waals surface area contributed by atoms with Crippen LogP contribution in [0, 0.1) is 0 Å². The lowest BCUT2D eigenvalue weighted by atomic mass is 10.1. The number of carbonyl (C=O) groups is 1. The van der Waals surface area contributed by atoms with E-state index < -0.39 is 13.0 Å². The summed E-state index contributed by atoms with van der Waals surface area (Å²) in [6.07, 6.45) is 4.75. The molecule has 3 N–H and O–H groups in total. The summed E-state index contributed by atoms with van der Waals surface area (Å²) in [5.74, 6) is 0.123. The van der Waals surface area contributed by atoms with Crippen LogP contribution in [0.4, 0.5) is 4.39 Å². The lowest BCUT2D eigenvalue weighted by Gasteiger charge is -2.30. The van der Waals surface area contributed by atoms with Gasteiger partial charge in [0.25, 0.3) is 0 Å². The molecule has 3 aliphatic heterocycles. The van der Waals surface area contributed by atoms with Gasteiger partial charge in [0.1, 0.15) is 0 Å². The maximum Gasteiger partial charge on any atom is 0.240 e. The first-order chi connectivity index (χ1) is 14.0. The van der Waals surface area contributed by atoms with Crippen molar-refractivity contribution in [1.82, 2.24) is 10.2 Å². The van der Waals surface area contributed by atoms with Crippen molar-refractivity contribution in [2.24, 2.45) is 0 Å². The summed E-state index contributed by atoms with van der Waals surface area (Å²) >= 11 is 1.65. The van der Waals surface area contributed by atoms with Gasteiger partial charge in [-0.2, -0.15) is 0 Å². The molecule has 1 aromatic carbocycles. The van der Waals surface area contributed by atoms with Crippen molar-refractivity contribution < 1.29 is 19.2 Å². The number of nitrogens with one attached hydrogen (secondary N) is 1. The van der Waals surface area contributed by atoms with Gasteiger partial charge in [-0.05, 0) is 64.0 Å². The van der Waals surface area contributed by atoms with E-state index in [0.29, 0.717) is 12.1 Å². The topological polar surface area (TPSA) is 72.8 Å². The van der Waals surface area contributed by atoms with Crippen molar-refractivity contribution in [3.8, 4) is 0 Å². The molecule has 2 aromatic rings. The average molecular weight is 454 g/mol. The first kappa shape index (κ1) is 20.2. The molecule has 1 aromatic heterocycles. The Morgan fingerprint density at radius 1 is 1.31 bits per heavy atom. The third-order valence-corrected chi connectivity index (χ3v) is 11.5. The Bertz CT molecular complexity index is 944. The standard InChI is InChI=1S/C20H25FN2O3P2S/c21-20(27-28(20)26)13-4-7-18-12(8-13)9-16(29-18)10-22-17-3-1-2-14-5-6-15(11-24)23(14)19(17)25/h4,7-9,14-15,17,22,24,26-27H,1-3,5-6,10-11H2/t14-,15-,17-,20?,28?/m0/s1. The molecule has 6 atom stereocenters. The van der Waals surface area contributed by atoms with Crippen molar-refractivity contribution in [3.63, 3.8) is 0 Å². The Balaban J connectivity index is 1.29. The fraction of sp³-hybridized carbons (Fsp3) is 0.550. The number of halogens is 1. The normalized spacial score (nSPS) is 35.3. The van der Waals surface area contributed by atoms with Gasteiger partial charge in [-0.1, -0.05) is 6.07 Å². The molecule has 1 amide bonds.